The summed E-state index contributed by atoms with van der Waals surface area (Å²) in [6, 6.07) is -0.758. The Labute approximate surface area is 401 Å². The lowest BCUT2D eigenvalue weighted by Crippen LogP contribution is -2.45. The first-order valence-corrected chi connectivity index (χ1v) is 29.1. The van der Waals surface area contributed by atoms with Crippen LogP contribution in [0.1, 0.15) is 322 Å². The third-order valence-electron chi connectivity index (χ3n) is 13.7. The average Bonchev–Trinajstić information content (AvgIpc) is 3.29. The molecule has 4 N–H and O–H groups in total. The van der Waals surface area contributed by atoms with Gasteiger partial charge >= 0.3 is 0 Å². The average molecular weight is 903 g/mol. The predicted octanol–water partition coefficient (Wildman–Crippen LogP) is 18.1. The van der Waals surface area contributed by atoms with Gasteiger partial charge in [0.1, 0.15) is 0 Å². The van der Waals surface area contributed by atoms with E-state index in [2.05, 4.69) is 31.3 Å². The predicted molar refractivity (Wildman–Crippen MR) is 282 cm³/mol. The minimum atomic E-state index is -0.948. The van der Waals surface area contributed by atoms with Crippen molar-refractivity contribution in [1.29, 1.82) is 0 Å². The molecule has 0 aliphatic rings. The van der Waals surface area contributed by atoms with E-state index in [0.29, 0.717) is 6.42 Å². The van der Waals surface area contributed by atoms with Crippen LogP contribution in [-0.4, -0.2) is 46.1 Å². The zero-order valence-electron chi connectivity index (χ0n) is 43.4. The Morgan fingerprint density at radius 3 is 1.00 bits per heavy atom. The fraction of sp³-hybridized carbons (Fsp3) is 0.915. The van der Waals surface area contributed by atoms with E-state index in [1.807, 2.05) is 6.08 Å². The molecule has 380 valence electrons. The van der Waals surface area contributed by atoms with Gasteiger partial charge in [-0.3, -0.25) is 4.79 Å². The Morgan fingerprint density at radius 2 is 0.672 bits per heavy atom. The highest BCUT2D eigenvalue weighted by Gasteiger charge is 2.20. The van der Waals surface area contributed by atoms with E-state index in [9.17, 15) is 20.1 Å². The number of aliphatic hydroxyl groups excluding tert-OH is 3. The van der Waals surface area contributed by atoms with Crippen LogP contribution in [0.3, 0.4) is 0 Å². The number of unbranched alkanes of at least 4 members (excludes halogenated alkanes) is 43. The van der Waals surface area contributed by atoms with Crippen LogP contribution >= 0.6 is 0 Å². The van der Waals surface area contributed by atoms with Crippen LogP contribution in [0.5, 0.6) is 0 Å². The second-order valence-corrected chi connectivity index (χ2v) is 20.3. The first kappa shape index (κ1) is 62.8. The van der Waals surface area contributed by atoms with Crippen LogP contribution in [0.2, 0.25) is 0 Å². The van der Waals surface area contributed by atoms with Crippen molar-refractivity contribution in [3.63, 3.8) is 0 Å². The Kier molecular flexibility index (Phi) is 53.4. The molecule has 1 amide bonds. The van der Waals surface area contributed by atoms with Gasteiger partial charge in [0.15, 0.2) is 0 Å². The number of aliphatic hydroxyl groups is 3. The first-order chi connectivity index (χ1) is 31.5. The van der Waals surface area contributed by atoms with E-state index in [1.165, 1.54) is 263 Å². The summed E-state index contributed by atoms with van der Waals surface area (Å²) in [6.07, 6.45) is 69.8. The SMILES string of the molecule is CCCCCCCC/C=C/CC/C=C/C(O)C(CO)NC(=O)CC(O)CCCCCCCCCCCCCCCCCCCCCCCCCCCCCCCCCCCCCCC. The second kappa shape index (κ2) is 54.4. The van der Waals surface area contributed by atoms with E-state index >= 15 is 0 Å². The standard InChI is InChI=1S/C59H115NO4/c1-3-5-7-9-11-13-15-17-18-19-20-21-22-23-24-25-26-27-28-29-30-31-32-33-34-35-36-37-38-39-40-41-42-44-46-48-50-52-56(62)54-59(64)60-57(55-61)58(63)53-51-49-47-45-43-16-14-12-10-8-6-4-2/h43,45,51,53,56-58,61-63H,3-42,44,46-50,52,54-55H2,1-2H3,(H,60,64)/b45-43+,53-51+. The molecule has 0 aliphatic carbocycles. The molecule has 0 saturated heterocycles. The molecule has 0 saturated carbocycles. The number of rotatable bonds is 54. The zero-order chi connectivity index (χ0) is 46.5. The molecule has 0 aromatic carbocycles. The van der Waals surface area contributed by atoms with Crippen LogP contribution in [0.4, 0.5) is 0 Å². The van der Waals surface area contributed by atoms with Gasteiger partial charge in [0.25, 0.3) is 0 Å². The molecule has 0 fully saturated rings. The molecule has 0 aromatic heterocycles. The van der Waals surface area contributed by atoms with Gasteiger partial charge < -0.3 is 20.6 Å². The lowest BCUT2D eigenvalue weighted by atomic mass is 10.0. The van der Waals surface area contributed by atoms with E-state index < -0.39 is 18.2 Å². The fourth-order valence-electron chi connectivity index (χ4n) is 9.30. The summed E-state index contributed by atoms with van der Waals surface area (Å²) >= 11 is 0. The molecular weight excluding hydrogens is 787 g/mol. The quantitative estimate of drug-likeness (QED) is 0.0362. The van der Waals surface area contributed by atoms with Crippen molar-refractivity contribution >= 4 is 5.91 Å². The molecule has 5 nitrogen and oxygen atoms in total. The van der Waals surface area contributed by atoms with Gasteiger partial charge in [0.2, 0.25) is 5.91 Å². The van der Waals surface area contributed by atoms with Crippen molar-refractivity contribution in [2.45, 2.75) is 340 Å². The molecule has 0 heterocycles. The summed E-state index contributed by atoms with van der Waals surface area (Å²) in [5.74, 6) is -0.321. The highest BCUT2D eigenvalue weighted by Crippen LogP contribution is 2.18. The molecule has 0 aliphatic heterocycles. The first-order valence-electron chi connectivity index (χ1n) is 29.1. The summed E-state index contributed by atoms with van der Waals surface area (Å²) in [7, 11) is 0. The molecule has 0 radical (unpaired) electrons. The lowest BCUT2D eigenvalue weighted by Gasteiger charge is -2.21. The molecule has 5 heteroatoms. The largest absolute Gasteiger partial charge is 0.394 e. The van der Waals surface area contributed by atoms with Crippen LogP contribution in [0.25, 0.3) is 0 Å². The zero-order valence-corrected chi connectivity index (χ0v) is 43.4. The molecule has 0 aromatic rings. The van der Waals surface area contributed by atoms with Gasteiger partial charge in [-0.2, -0.15) is 0 Å². The summed E-state index contributed by atoms with van der Waals surface area (Å²) in [5.41, 5.74) is 0. The topological polar surface area (TPSA) is 89.8 Å². The third-order valence-corrected chi connectivity index (χ3v) is 13.7. The smallest absolute Gasteiger partial charge is 0.222 e. The van der Waals surface area contributed by atoms with Gasteiger partial charge in [-0.1, -0.05) is 308 Å². The van der Waals surface area contributed by atoms with Gasteiger partial charge in [-0.25, -0.2) is 0 Å². The maximum absolute atomic E-state index is 12.5. The summed E-state index contributed by atoms with van der Waals surface area (Å²) in [4.78, 5) is 12.5. The van der Waals surface area contributed by atoms with E-state index in [1.54, 1.807) is 6.08 Å². The van der Waals surface area contributed by atoms with Gasteiger partial charge in [0.05, 0.1) is 31.3 Å². The number of allylic oxidation sites excluding steroid dienone is 3. The van der Waals surface area contributed by atoms with Gasteiger partial charge in [0, 0.05) is 0 Å². The summed E-state index contributed by atoms with van der Waals surface area (Å²) in [6.45, 7) is 4.21. The Balaban J connectivity index is 3.41. The van der Waals surface area contributed by atoms with Crippen LogP contribution in [-0.2, 0) is 4.79 Å². The third kappa shape index (κ3) is 50.2. The van der Waals surface area contributed by atoms with E-state index in [0.717, 1.165) is 32.1 Å². The normalized spacial score (nSPS) is 13.4. The van der Waals surface area contributed by atoms with Crippen LogP contribution in [0.15, 0.2) is 24.3 Å². The Bertz CT molecular complexity index is 951. The minimum Gasteiger partial charge on any atom is -0.394 e. The number of carbonyl (C=O) groups excluding carboxylic acids is 1. The Morgan fingerprint density at radius 1 is 0.391 bits per heavy atom. The number of nitrogens with one attached hydrogen (secondary N) is 1. The lowest BCUT2D eigenvalue weighted by molar-refractivity contribution is -0.124. The molecule has 0 bridgehead atoms. The maximum atomic E-state index is 12.5. The monoisotopic (exact) mass is 902 g/mol. The molecule has 0 rings (SSSR count). The van der Waals surface area contributed by atoms with Crippen molar-refractivity contribution < 1.29 is 20.1 Å². The van der Waals surface area contributed by atoms with E-state index in [-0.39, 0.29) is 18.9 Å². The Hall–Kier alpha value is -1.17. The summed E-state index contributed by atoms with van der Waals surface area (Å²) in [5, 5.41) is 33.3. The van der Waals surface area contributed by atoms with Crippen molar-refractivity contribution in [2.75, 3.05) is 6.61 Å². The van der Waals surface area contributed by atoms with Crippen molar-refractivity contribution in [3.05, 3.63) is 24.3 Å². The highest BCUT2D eigenvalue weighted by molar-refractivity contribution is 5.76. The van der Waals surface area contributed by atoms with Crippen molar-refractivity contribution in [2.24, 2.45) is 0 Å². The summed E-state index contributed by atoms with van der Waals surface area (Å²) < 4.78 is 0. The number of amides is 1. The molecule has 3 atom stereocenters. The van der Waals surface area contributed by atoms with Crippen molar-refractivity contribution in [1.82, 2.24) is 5.32 Å². The fourth-order valence-corrected chi connectivity index (χ4v) is 9.30. The van der Waals surface area contributed by atoms with E-state index in [4.69, 9.17) is 0 Å². The van der Waals surface area contributed by atoms with Crippen molar-refractivity contribution in [3.8, 4) is 0 Å². The maximum Gasteiger partial charge on any atom is 0.222 e. The van der Waals surface area contributed by atoms with Crippen LogP contribution in [0, 0.1) is 0 Å². The highest BCUT2D eigenvalue weighted by atomic mass is 16.3. The number of carbonyl (C=O) groups is 1. The van der Waals surface area contributed by atoms with Crippen LogP contribution < -0.4 is 5.32 Å². The van der Waals surface area contributed by atoms with Gasteiger partial charge in [-0.15, -0.1) is 0 Å². The number of hydrogen-bond acceptors (Lipinski definition) is 4. The molecular formula is C59H115NO4. The minimum absolute atomic E-state index is 0.00995. The molecule has 3 unspecified atom stereocenters. The second-order valence-electron chi connectivity index (χ2n) is 20.3. The number of hydrogen-bond donors (Lipinski definition) is 4. The van der Waals surface area contributed by atoms with Gasteiger partial charge in [-0.05, 0) is 32.1 Å². The molecule has 0 spiro atoms. The molecule has 64 heavy (non-hydrogen) atoms.